The van der Waals surface area contributed by atoms with Gasteiger partial charge in [0.05, 0.1) is 19.3 Å². The Morgan fingerprint density at radius 1 is 1.19 bits per heavy atom. The number of rotatable bonds is 6. The van der Waals surface area contributed by atoms with Crippen LogP contribution in [-0.4, -0.2) is 90.4 Å². The number of nitrogens with two attached hydrogens (primary N) is 1. The summed E-state index contributed by atoms with van der Waals surface area (Å²) >= 11 is 0. The van der Waals surface area contributed by atoms with Crippen molar-refractivity contribution in [1.29, 1.82) is 0 Å². The molecule has 1 amide bonds. The quantitative estimate of drug-likeness (QED) is 0.785. The van der Waals surface area contributed by atoms with Crippen LogP contribution in [0.5, 0.6) is 0 Å². The van der Waals surface area contributed by atoms with Crippen LogP contribution in [0.15, 0.2) is 18.3 Å². The SMILES string of the molecule is Nc1ncccc1CN1C[C@H]2OC(=O)N(CCCN3CCOCC3)[C@H]2C1. The van der Waals surface area contributed by atoms with Gasteiger partial charge in [-0.2, -0.15) is 0 Å². The lowest BCUT2D eigenvalue weighted by Gasteiger charge is -2.28. The van der Waals surface area contributed by atoms with Crippen molar-refractivity contribution >= 4 is 11.9 Å². The third-order valence-corrected chi connectivity index (χ3v) is 5.50. The lowest BCUT2D eigenvalue weighted by Crippen LogP contribution is -2.41. The van der Waals surface area contributed by atoms with E-state index in [-0.39, 0.29) is 18.2 Å². The Balaban J connectivity index is 1.29. The Bertz CT molecular complexity index is 637. The Labute approximate surface area is 153 Å². The number of likely N-dealkylation sites (tertiary alicyclic amines) is 1. The normalized spacial score (nSPS) is 26.9. The van der Waals surface area contributed by atoms with E-state index >= 15 is 0 Å². The van der Waals surface area contributed by atoms with E-state index in [1.54, 1.807) is 6.20 Å². The van der Waals surface area contributed by atoms with E-state index in [1.807, 2.05) is 17.0 Å². The number of pyridine rings is 1. The van der Waals surface area contributed by atoms with E-state index in [9.17, 15) is 4.79 Å². The summed E-state index contributed by atoms with van der Waals surface area (Å²) in [5.74, 6) is 0.573. The second kappa shape index (κ2) is 7.77. The van der Waals surface area contributed by atoms with E-state index in [2.05, 4.69) is 14.8 Å². The van der Waals surface area contributed by atoms with Crippen molar-refractivity contribution < 1.29 is 14.3 Å². The Morgan fingerprint density at radius 3 is 2.85 bits per heavy atom. The summed E-state index contributed by atoms with van der Waals surface area (Å²) in [7, 11) is 0. The van der Waals surface area contributed by atoms with Crippen LogP contribution in [0.4, 0.5) is 10.6 Å². The third-order valence-electron chi connectivity index (χ3n) is 5.50. The number of carbonyl (C=O) groups is 1. The molecule has 0 radical (unpaired) electrons. The number of fused-ring (bicyclic) bond motifs is 1. The number of anilines is 1. The molecular formula is C18H27N5O3. The van der Waals surface area contributed by atoms with Gasteiger partial charge in [0.15, 0.2) is 0 Å². The summed E-state index contributed by atoms with van der Waals surface area (Å²) in [5, 5.41) is 0. The lowest BCUT2D eigenvalue weighted by atomic mass is 10.2. The first-order valence-corrected chi connectivity index (χ1v) is 9.40. The molecule has 2 N–H and O–H groups in total. The molecule has 4 rings (SSSR count). The second-order valence-electron chi connectivity index (χ2n) is 7.23. The first kappa shape index (κ1) is 17.5. The molecule has 3 aliphatic heterocycles. The van der Waals surface area contributed by atoms with Gasteiger partial charge in [0.25, 0.3) is 0 Å². The van der Waals surface area contributed by atoms with Crippen molar-refractivity contribution in [2.75, 3.05) is 58.2 Å². The van der Waals surface area contributed by atoms with Gasteiger partial charge >= 0.3 is 6.09 Å². The average Bonchev–Trinajstić information content (AvgIpc) is 3.15. The predicted octanol–water partition coefficient (Wildman–Crippen LogP) is 0.391. The fourth-order valence-electron chi connectivity index (χ4n) is 4.08. The van der Waals surface area contributed by atoms with Gasteiger partial charge in [0, 0.05) is 57.6 Å². The number of morpholine rings is 1. The highest BCUT2D eigenvalue weighted by molar-refractivity contribution is 5.71. The van der Waals surface area contributed by atoms with Crippen molar-refractivity contribution in [3.63, 3.8) is 0 Å². The van der Waals surface area contributed by atoms with E-state index < -0.39 is 0 Å². The van der Waals surface area contributed by atoms with Crippen molar-refractivity contribution in [3.05, 3.63) is 23.9 Å². The summed E-state index contributed by atoms with van der Waals surface area (Å²) in [6.07, 6.45) is 2.47. The second-order valence-corrected chi connectivity index (χ2v) is 7.23. The smallest absolute Gasteiger partial charge is 0.410 e. The van der Waals surface area contributed by atoms with E-state index in [4.69, 9.17) is 15.2 Å². The summed E-state index contributed by atoms with van der Waals surface area (Å²) in [6.45, 7) is 7.65. The number of hydrogen-bond donors (Lipinski definition) is 1. The van der Waals surface area contributed by atoms with Crippen LogP contribution in [0.1, 0.15) is 12.0 Å². The first-order valence-electron chi connectivity index (χ1n) is 9.40. The van der Waals surface area contributed by atoms with Crippen LogP contribution in [0.25, 0.3) is 0 Å². The zero-order chi connectivity index (χ0) is 17.9. The van der Waals surface area contributed by atoms with Crippen molar-refractivity contribution in [2.24, 2.45) is 0 Å². The summed E-state index contributed by atoms with van der Waals surface area (Å²) in [5.41, 5.74) is 6.98. The maximum absolute atomic E-state index is 12.2. The van der Waals surface area contributed by atoms with Crippen molar-refractivity contribution in [3.8, 4) is 0 Å². The number of hydrogen-bond acceptors (Lipinski definition) is 7. The Hall–Kier alpha value is -1.90. The molecule has 8 heteroatoms. The first-order chi connectivity index (χ1) is 12.7. The number of nitrogens with zero attached hydrogens (tertiary/aromatic N) is 4. The maximum atomic E-state index is 12.2. The van der Waals surface area contributed by atoms with Gasteiger partial charge in [-0.05, 0) is 12.5 Å². The van der Waals surface area contributed by atoms with Crippen LogP contribution < -0.4 is 5.73 Å². The third kappa shape index (κ3) is 3.77. The monoisotopic (exact) mass is 361 g/mol. The zero-order valence-electron chi connectivity index (χ0n) is 15.0. The van der Waals surface area contributed by atoms with Gasteiger partial charge in [-0.3, -0.25) is 9.80 Å². The van der Waals surface area contributed by atoms with Crippen LogP contribution in [0.2, 0.25) is 0 Å². The van der Waals surface area contributed by atoms with Crippen molar-refractivity contribution in [2.45, 2.75) is 25.1 Å². The molecule has 3 fully saturated rings. The van der Waals surface area contributed by atoms with Crippen LogP contribution in [0, 0.1) is 0 Å². The van der Waals surface area contributed by atoms with Crippen LogP contribution >= 0.6 is 0 Å². The highest BCUT2D eigenvalue weighted by atomic mass is 16.6. The van der Waals surface area contributed by atoms with Crippen LogP contribution in [-0.2, 0) is 16.0 Å². The molecular weight excluding hydrogens is 334 g/mol. The molecule has 1 aromatic rings. The highest BCUT2D eigenvalue weighted by Gasteiger charge is 2.47. The minimum Gasteiger partial charge on any atom is -0.442 e. The molecule has 0 unspecified atom stereocenters. The molecule has 0 aliphatic carbocycles. The lowest BCUT2D eigenvalue weighted by molar-refractivity contribution is 0.0362. The molecule has 2 atom stereocenters. The number of carbonyl (C=O) groups excluding carboxylic acids is 1. The molecule has 1 aromatic heterocycles. The van der Waals surface area contributed by atoms with Crippen LogP contribution in [0.3, 0.4) is 0 Å². The molecule has 0 aromatic carbocycles. The van der Waals surface area contributed by atoms with Gasteiger partial charge < -0.3 is 20.1 Å². The fraction of sp³-hybridized carbons (Fsp3) is 0.667. The molecule has 0 saturated carbocycles. The molecule has 0 bridgehead atoms. The van der Waals surface area contributed by atoms with Gasteiger partial charge in [-0.1, -0.05) is 6.07 Å². The van der Waals surface area contributed by atoms with Gasteiger partial charge in [-0.15, -0.1) is 0 Å². The van der Waals surface area contributed by atoms with E-state index in [1.165, 1.54) is 0 Å². The maximum Gasteiger partial charge on any atom is 0.410 e. The molecule has 3 aliphatic rings. The molecule has 0 spiro atoms. The molecule has 8 nitrogen and oxygen atoms in total. The molecule has 26 heavy (non-hydrogen) atoms. The number of ether oxygens (including phenoxy) is 2. The minimum atomic E-state index is -0.164. The summed E-state index contributed by atoms with van der Waals surface area (Å²) in [6, 6.07) is 4.05. The Kier molecular flexibility index (Phi) is 5.23. The van der Waals surface area contributed by atoms with Crippen molar-refractivity contribution in [1.82, 2.24) is 19.7 Å². The summed E-state index contributed by atoms with van der Waals surface area (Å²) < 4.78 is 11.0. The fourth-order valence-corrected chi connectivity index (χ4v) is 4.08. The number of aromatic nitrogens is 1. The minimum absolute atomic E-state index is 0.0382. The Morgan fingerprint density at radius 2 is 2.04 bits per heavy atom. The standard InChI is InChI=1S/C18H27N5O3/c19-17-14(3-1-4-20-17)11-22-12-15-16(13-22)26-18(24)23(15)6-2-5-21-7-9-25-10-8-21/h1,3-4,15-16H,2,5-13H2,(H2,19,20)/t15-,16+/m0/s1. The molecule has 3 saturated heterocycles. The molecule has 4 heterocycles. The largest absolute Gasteiger partial charge is 0.442 e. The predicted molar refractivity (Wildman–Crippen MR) is 96.6 cm³/mol. The number of amides is 1. The molecule has 142 valence electrons. The van der Waals surface area contributed by atoms with Gasteiger partial charge in [0.2, 0.25) is 0 Å². The van der Waals surface area contributed by atoms with E-state index in [0.717, 1.165) is 71.0 Å². The average molecular weight is 361 g/mol. The number of nitrogen functional groups attached to an aromatic ring is 1. The van der Waals surface area contributed by atoms with Gasteiger partial charge in [0.1, 0.15) is 11.9 Å². The zero-order valence-corrected chi connectivity index (χ0v) is 15.0. The van der Waals surface area contributed by atoms with Gasteiger partial charge in [-0.25, -0.2) is 9.78 Å². The topological polar surface area (TPSA) is 84.2 Å². The summed E-state index contributed by atoms with van der Waals surface area (Å²) in [4.78, 5) is 23.0. The highest BCUT2D eigenvalue weighted by Crippen LogP contribution is 2.28. The van der Waals surface area contributed by atoms with E-state index in [0.29, 0.717) is 5.82 Å².